The maximum Gasteiger partial charge on any atom is 0.270 e. The lowest BCUT2D eigenvalue weighted by molar-refractivity contribution is -0.132. The number of hydrogen-bond acceptors (Lipinski definition) is 3. The third-order valence-electron chi connectivity index (χ3n) is 3.58. The van der Waals surface area contributed by atoms with Crippen molar-refractivity contribution in [1.82, 2.24) is 0 Å². The Morgan fingerprint density at radius 3 is 2.63 bits per heavy atom. The zero-order chi connectivity index (χ0) is 14.2. The smallest absolute Gasteiger partial charge is 0.270 e. The van der Waals surface area contributed by atoms with Gasteiger partial charge in [0, 0.05) is 12.6 Å². The van der Waals surface area contributed by atoms with Crippen LogP contribution in [0, 0.1) is 0 Å². The summed E-state index contributed by atoms with van der Waals surface area (Å²) < 4.78 is 5.80. The van der Waals surface area contributed by atoms with E-state index in [1.807, 2.05) is 32.0 Å². The predicted molar refractivity (Wildman–Crippen MR) is 76.4 cm³/mol. The maximum absolute atomic E-state index is 12.4. The Morgan fingerprint density at radius 2 is 2.05 bits per heavy atom. The van der Waals surface area contributed by atoms with E-state index in [9.17, 15) is 4.79 Å². The monoisotopic (exact) mass is 262 g/mol. The average molecular weight is 262 g/mol. The van der Waals surface area contributed by atoms with Crippen LogP contribution in [0.4, 0.5) is 5.69 Å². The van der Waals surface area contributed by atoms with Gasteiger partial charge in [-0.05, 0) is 44.9 Å². The maximum atomic E-state index is 12.4. The molecule has 0 saturated heterocycles. The van der Waals surface area contributed by atoms with Crippen LogP contribution in [-0.4, -0.2) is 18.1 Å². The summed E-state index contributed by atoms with van der Waals surface area (Å²) >= 11 is 0. The Labute approximate surface area is 114 Å². The quantitative estimate of drug-likeness (QED) is 0.911. The number of carbonyl (C=O) groups excluding carboxylic acids is 1. The molecule has 0 fully saturated rings. The van der Waals surface area contributed by atoms with Crippen LogP contribution in [0.15, 0.2) is 18.2 Å². The van der Waals surface area contributed by atoms with E-state index in [1.54, 1.807) is 18.7 Å². The second-order valence-electron chi connectivity index (χ2n) is 5.40. The lowest BCUT2D eigenvalue weighted by Crippen LogP contribution is -2.52. The fourth-order valence-electron chi connectivity index (χ4n) is 2.36. The van der Waals surface area contributed by atoms with Gasteiger partial charge in [0.15, 0.2) is 5.60 Å². The van der Waals surface area contributed by atoms with E-state index in [4.69, 9.17) is 10.5 Å². The summed E-state index contributed by atoms with van der Waals surface area (Å²) in [6.45, 7) is 8.24. The second-order valence-corrected chi connectivity index (χ2v) is 5.40. The van der Waals surface area contributed by atoms with E-state index in [0.717, 1.165) is 23.4 Å². The van der Waals surface area contributed by atoms with Gasteiger partial charge in [-0.1, -0.05) is 13.0 Å². The van der Waals surface area contributed by atoms with E-state index in [2.05, 4.69) is 0 Å². The fraction of sp³-hybridized carbons (Fsp3) is 0.533. The third-order valence-corrected chi connectivity index (χ3v) is 3.58. The molecular formula is C15H22N2O2. The third kappa shape index (κ3) is 2.32. The van der Waals surface area contributed by atoms with Crippen LogP contribution in [0.2, 0.25) is 0 Å². The van der Waals surface area contributed by atoms with Crippen molar-refractivity contribution in [3.8, 4) is 5.75 Å². The number of amides is 1. The van der Waals surface area contributed by atoms with Gasteiger partial charge >= 0.3 is 0 Å². The minimum Gasteiger partial charge on any atom is -0.476 e. The van der Waals surface area contributed by atoms with E-state index >= 15 is 0 Å². The molecule has 2 N–H and O–H groups in total. The number of benzene rings is 1. The van der Waals surface area contributed by atoms with Crippen LogP contribution < -0.4 is 15.4 Å². The molecule has 4 heteroatoms. The minimum atomic E-state index is -0.808. The van der Waals surface area contributed by atoms with Crippen LogP contribution in [0.25, 0.3) is 0 Å². The standard InChI is InChI=1S/C15H22N2O2/c1-5-11(16)10-7-8-13-12(9-10)17(6-2)14(18)15(3,4)19-13/h7-9,11H,5-6,16H2,1-4H3. The first kappa shape index (κ1) is 13.9. The minimum absolute atomic E-state index is 0.00551. The van der Waals surface area contributed by atoms with E-state index < -0.39 is 5.60 Å². The Hall–Kier alpha value is -1.55. The number of anilines is 1. The number of hydrogen-bond donors (Lipinski definition) is 1. The first-order valence-corrected chi connectivity index (χ1v) is 6.81. The fourth-order valence-corrected chi connectivity index (χ4v) is 2.36. The average Bonchev–Trinajstić information content (AvgIpc) is 2.38. The Morgan fingerprint density at radius 1 is 1.37 bits per heavy atom. The van der Waals surface area contributed by atoms with Gasteiger partial charge in [-0.25, -0.2) is 0 Å². The van der Waals surface area contributed by atoms with Crippen molar-refractivity contribution in [3.05, 3.63) is 23.8 Å². The molecule has 1 aromatic carbocycles. The molecule has 4 nitrogen and oxygen atoms in total. The number of fused-ring (bicyclic) bond motifs is 1. The van der Waals surface area contributed by atoms with E-state index in [0.29, 0.717) is 6.54 Å². The van der Waals surface area contributed by atoms with Gasteiger partial charge in [0.25, 0.3) is 5.91 Å². The van der Waals surface area contributed by atoms with Crippen molar-refractivity contribution in [2.75, 3.05) is 11.4 Å². The summed E-state index contributed by atoms with van der Waals surface area (Å²) in [6, 6.07) is 5.86. The number of nitrogens with zero attached hydrogens (tertiary/aromatic N) is 1. The summed E-state index contributed by atoms with van der Waals surface area (Å²) in [5.74, 6) is 0.739. The first-order chi connectivity index (χ1) is 8.90. The second kappa shape index (κ2) is 4.85. The predicted octanol–water partition coefficient (Wildman–Crippen LogP) is 2.62. The SMILES string of the molecule is CCC(N)c1ccc2c(c1)N(CC)C(=O)C(C)(C)O2. The topological polar surface area (TPSA) is 55.6 Å². The zero-order valence-electron chi connectivity index (χ0n) is 12.1. The van der Waals surface area contributed by atoms with Gasteiger partial charge in [-0.3, -0.25) is 4.79 Å². The van der Waals surface area contributed by atoms with Crippen LogP contribution in [0.1, 0.15) is 45.7 Å². The van der Waals surface area contributed by atoms with Crippen molar-refractivity contribution in [2.24, 2.45) is 5.73 Å². The summed E-state index contributed by atoms with van der Waals surface area (Å²) in [7, 11) is 0. The molecule has 19 heavy (non-hydrogen) atoms. The lowest BCUT2D eigenvalue weighted by Gasteiger charge is -2.38. The van der Waals surface area contributed by atoms with Gasteiger partial charge in [-0.15, -0.1) is 0 Å². The molecule has 1 aliphatic rings. The molecule has 2 rings (SSSR count). The number of rotatable bonds is 3. The number of carbonyl (C=O) groups is 1. The van der Waals surface area contributed by atoms with E-state index in [1.165, 1.54) is 0 Å². The highest BCUT2D eigenvalue weighted by Gasteiger charge is 2.40. The van der Waals surface area contributed by atoms with Crippen molar-refractivity contribution in [3.63, 3.8) is 0 Å². The number of ether oxygens (including phenoxy) is 1. The van der Waals surface area contributed by atoms with Crippen LogP contribution in [-0.2, 0) is 4.79 Å². The van der Waals surface area contributed by atoms with Crippen molar-refractivity contribution >= 4 is 11.6 Å². The summed E-state index contributed by atoms with van der Waals surface area (Å²) in [5.41, 5.74) is 7.11. The Balaban J connectivity index is 2.49. The summed E-state index contributed by atoms with van der Waals surface area (Å²) in [5, 5.41) is 0. The number of likely N-dealkylation sites (N-methyl/N-ethyl adjacent to an activating group) is 1. The summed E-state index contributed by atoms with van der Waals surface area (Å²) in [6.07, 6.45) is 0.866. The molecule has 0 bridgehead atoms. The Bertz CT molecular complexity index is 497. The van der Waals surface area contributed by atoms with Gasteiger partial charge < -0.3 is 15.4 Å². The molecular weight excluding hydrogens is 240 g/mol. The Kier molecular flexibility index (Phi) is 3.54. The highest BCUT2D eigenvalue weighted by molar-refractivity contribution is 6.02. The normalized spacial score (nSPS) is 18.8. The molecule has 0 aromatic heterocycles. The van der Waals surface area contributed by atoms with Crippen molar-refractivity contribution in [1.29, 1.82) is 0 Å². The molecule has 0 saturated carbocycles. The van der Waals surface area contributed by atoms with Gasteiger partial charge in [0.05, 0.1) is 5.69 Å². The van der Waals surface area contributed by atoms with Crippen LogP contribution in [0.5, 0.6) is 5.75 Å². The van der Waals surface area contributed by atoms with E-state index in [-0.39, 0.29) is 11.9 Å². The molecule has 1 aromatic rings. The molecule has 1 heterocycles. The van der Waals surface area contributed by atoms with Gasteiger partial charge in [-0.2, -0.15) is 0 Å². The molecule has 0 aliphatic carbocycles. The molecule has 1 amide bonds. The van der Waals surface area contributed by atoms with Crippen LogP contribution in [0.3, 0.4) is 0 Å². The summed E-state index contributed by atoms with van der Waals surface area (Å²) in [4.78, 5) is 14.1. The zero-order valence-corrected chi connectivity index (χ0v) is 12.1. The lowest BCUT2D eigenvalue weighted by atomic mass is 10.00. The highest BCUT2D eigenvalue weighted by atomic mass is 16.5. The molecule has 0 spiro atoms. The van der Waals surface area contributed by atoms with Gasteiger partial charge in [0.1, 0.15) is 5.75 Å². The van der Waals surface area contributed by atoms with Gasteiger partial charge in [0.2, 0.25) is 0 Å². The highest BCUT2D eigenvalue weighted by Crippen LogP contribution is 2.39. The van der Waals surface area contributed by atoms with Crippen LogP contribution >= 0.6 is 0 Å². The number of nitrogens with two attached hydrogens (primary N) is 1. The van der Waals surface area contributed by atoms with Crippen molar-refractivity contribution < 1.29 is 9.53 Å². The largest absolute Gasteiger partial charge is 0.476 e. The molecule has 1 unspecified atom stereocenters. The molecule has 1 aliphatic heterocycles. The van der Waals surface area contributed by atoms with Crippen molar-refractivity contribution in [2.45, 2.75) is 45.8 Å². The first-order valence-electron chi connectivity index (χ1n) is 6.81. The molecule has 104 valence electrons. The molecule has 0 radical (unpaired) electrons. The molecule has 1 atom stereocenters.